The Morgan fingerprint density at radius 1 is 1.14 bits per heavy atom. The Balaban J connectivity index is 1.48. The number of nitrogens with zero attached hydrogens (tertiary/aromatic N) is 4. The summed E-state index contributed by atoms with van der Waals surface area (Å²) in [6, 6.07) is 10.7. The van der Waals surface area contributed by atoms with E-state index in [2.05, 4.69) is 49.4 Å². The van der Waals surface area contributed by atoms with E-state index in [1.54, 1.807) is 7.11 Å². The second-order valence-corrected chi connectivity index (χ2v) is 10.5. The number of methoxy groups -OCH3 is 1. The van der Waals surface area contributed by atoms with Gasteiger partial charge in [0.1, 0.15) is 17.4 Å². The first-order valence-corrected chi connectivity index (χ1v) is 13.3. The van der Waals surface area contributed by atoms with Crippen molar-refractivity contribution in [3.63, 3.8) is 0 Å². The fourth-order valence-corrected chi connectivity index (χ4v) is 5.45. The van der Waals surface area contributed by atoms with Gasteiger partial charge in [0, 0.05) is 38.4 Å². The normalized spacial score (nSPS) is 21.2. The Bertz CT molecular complexity index is 1110. The summed E-state index contributed by atoms with van der Waals surface area (Å²) in [5.41, 5.74) is 2.01. The highest BCUT2D eigenvalue weighted by atomic mass is 79.9. The molecule has 8 nitrogen and oxygen atoms in total. The molecule has 2 aromatic heterocycles. The highest BCUT2D eigenvalue weighted by Gasteiger charge is 2.25. The standard InChI is InChI=1S/C26H34BrN5O3/c1-34-22-8-4-19(5-9-22)17-31(16-18-2-6-21(33)7-3-18)25-14-24(29-20-10-12-35-13-11-20)30-26-23(27)15-28-32(25)26/h4-5,8-9,14-15,18,20-21,33H,2-3,6-7,10-13,16-17H2,1H3,(H,29,30). The van der Waals surface area contributed by atoms with Crippen LogP contribution in [-0.2, 0) is 11.3 Å². The van der Waals surface area contributed by atoms with Crippen LogP contribution < -0.4 is 15.0 Å². The zero-order chi connectivity index (χ0) is 24.2. The minimum Gasteiger partial charge on any atom is -0.497 e. The molecule has 35 heavy (non-hydrogen) atoms. The first-order chi connectivity index (χ1) is 17.1. The van der Waals surface area contributed by atoms with E-state index < -0.39 is 0 Å². The minimum atomic E-state index is -0.161. The molecule has 9 heteroatoms. The first kappa shape index (κ1) is 24.3. The van der Waals surface area contributed by atoms with E-state index in [0.29, 0.717) is 12.0 Å². The summed E-state index contributed by atoms with van der Waals surface area (Å²) in [5, 5.41) is 18.3. The molecule has 0 radical (unpaired) electrons. The maximum Gasteiger partial charge on any atom is 0.173 e. The number of aliphatic hydroxyl groups is 1. The van der Waals surface area contributed by atoms with E-state index in [1.807, 2.05) is 22.8 Å². The van der Waals surface area contributed by atoms with Gasteiger partial charge in [-0.1, -0.05) is 12.1 Å². The number of hydrogen-bond donors (Lipinski definition) is 2. The number of aliphatic hydroxyl groups excluding tert-OH is 1. The number of hydrogen-bond acceptors (Lipinski definition) is 7. The maximum atomic E-state index is 10.0. The third-order valence-corrected chi connectivity index (χ3v) is 7.69. The van der Waals surface area contributed by atoms with Crippen molar-refractivity contribution in [2.45, 2.75) is 57.2 Å². The van der Waals surface area contributed by atoms with Crippen molar-refractivity contribution in [2.24, 2.45) is 5.92 Å². The van der Waals surface area contributed by atoms with Gasteiger partial charge in [-0.25, -0.2) is 4.98 Å². The monoisotopic (exact) mass is 543 g/mol. The Kier molecular flexibility index (Phi) is 7.75. The zero-order valence-corrected chi connectivity index (χ0v) is 21.8. The number of ether oxygens (including phenoxy) is 2. The van der Waals surface area contributed by atoms with Gasteiger partial charge in [0.05, 0.1) is 23.9 Å². The van der Waals surface area contributed by atoms with Crippen LogP contribution in [0.5, 0.6) is 5.75 Å². The van der Waals surface area contributed by atoms with Crippen LogP contribution in [0.2, 0.25) is 0 Å². The fraction of sp³-hybridized carbons (Fsp3) is 0.538. The van der Waals surface area contributed by atoms with Crippen LogP contribution in [0, 0.1) is 5.92 Å². The van der Waals surface area contributed by atoms with Gasteiger partial charge in [-0.05, 0) is 78.1 Å². The van der Waals surface area contributed by atoms with E-state index in [1.165, 1.54) is 5.56 Å². The van der Waals surface area contributed by atoms with Gasteiger partial charge in [0.25, 0.3) is 0 Å². The van der Waals surface area contributed by atoms with Crippen LogP contribution in [0.4, 0.5) is 11.6 Å². The predicted molar refractivity (Wildman–Crippen MR) is 140 cm³/mol. The molecule has 5 rings (SSSR count). The largest absolute Gasteiger partial charge is 0.497 e. The molecule has 3 heterocycles. The second kappa shape index (κ2) is 11.1. The summed E-state index contributed by atoms with van der Waals surface area (Å²) in [7, 11) is 1.69. The second-order valence-electron chi connectivity index (χ2n) is 9.66. The van der Waals surface area contributed by atoms with Gasteiger partial charge < -0.3 is 24.8 Å². The smallest absolute Gasteiger partial charge is 0.173 e. The molecule has 2 aliphatic rings. The Hall–Kier alpha value is -2.36. The molecule has 1 aliphatic heterocycles. The van der Waals surface area contributed by atoms with Gasteiger partial charge in [0.2, 0.25) is 0 Å². The third kappa shape index (κ3) is 5.90. The number of aromatic nitrogens is 3. The fourth-order valence-electron chi connectivity index (χ4n) is 5.10. The quantitative estimate of drug-likeness (QED) is 0.427. The minimum absolute atomic E-state index is 0.161. The van der Waals surface area contributed by atoms with Crippen molar-refractivity contribution in [2.75, 3.05) is 37.1 Å². The average molecular weight is 544 g/mol. The SMILES string of the molecule is COc1ccc(CN(CC2CCC(O)CC2)c2cc(NC3CCOCC3)nc3c(Br)cnn23)cc1. The van der Waals surface area contributed by atoms with Crippen LogP contribution in [0.1, 0.15) is 44.1 Å². The molecule has 0 spiro atoms. The van der Waals surface area contributed by atoms with Crippen molar-refractivity contribution < 1.29 is 14.6 Å². The van der Waals surface area contributed by atoms with E-state index in [4.69, 9.17) is 14.5 Å². The van der Waals surface area contributed by atoms with Gasteiger partial charge in [-0.15, -0.1) is 0 Å². The van der Waals surface area contributed by atoms with Crippen LogP contribution in [0.15, 0.2) is 41.0 Å². The van der Waals surface area contributed by atoms with Gasteiger partial charge >= 0.3 is 0 Å². The van der Waals surface area contributed by atoms with Gasteiger partial charge in [-0.3, -0.25) is 0 Å². The number of benzene rings is 1. The lowest BCUT2D eigenvalue weighted by molar-refractivity contribution is 0.0904. The highest BCUT2D eigenvalue weighted by Crippen LogP contribution is 2.31. The highest BCUT2D eigenvalue weighted by molar-refractivity contribution is 9.10. The molecule has 0 amide bonds. The topological polar surface area (TPSA) is 84.2 Å². The molecule has 2 N–H and O–H groups in total. The molecule has 1 saturated carbocycles. The van der Waals surface area contributed by atoms with E-state index >= 15 is 0 Å². The van der Waals surface area contributed by atoms with Crippen molar-refractivity contribution in [3.05, 3.63) is 46.6 Å². The molecule has 3 aromatic rings. The molecule has 2 fully saturated rings. The van der Waals surface area contributed by atoms with Crippen LogP contribution in [0.3, 0.4) is 0 Å². The molecule has 1 aromatic carbocycles. The van der Waals surface area contributed by atoms with Crippen molar-refractivity contribution in [3.8, 4) is 5.75 Å². The average Bonchev–Trinajstić information content (AvgIpc) is 3.26. The number of anilines is 2. The molecule has 188 valence electrons. The first-order valence-electron chi connectivity index (χ1n) is 12.5. The van der Waals surface area contributed by atoms with Crippen LogP contribution >= 0.6 is 15.9 Å². The van der Waals surface area contributed by atoms with Crippen molar-refractivity contribution in [1.82, 2.24) is 14.6 Å². The Labute approximate surface area is 214 Å². The number of halogens is 1. The van der Waals surface area contributed by atoms with Gasteiger partial charge in [-0.2, -0.15) is 9.61 Å². The maximum absolute atomic E-state index is 10.0. The Morgan fingerprint density at radius 2 is 1.89 bits per heavy atom. The predicted octanol–water partition coefficient (Wildman–Crippen LogP) is 4.65. The lowest BCUT2D eigenvalue weighted by Gasteiger charge is -2.33. The summed E-state index contributed by atoms with van der Waals surface area (Å²) < 4.78 is 13.7. The number of rotatable bonds is 8. The molecule has 0 bridgehead atoms. The molecule has 0 atom stereocenters. The van der Waals surface area contributed by atoms with E-state index in [-0.39, 0.29) is 6.10 Å². The molecule has 0 unspecified atom stereocenters. The summed E-state index contributed by atoms with van der Waals surface area (Å²) in [4.78, 5) is 7.29. The number of fused-ring (bicyclic) bond motifs is 1. The van der Waals surface area contributed by atoms with Crippen LogP contribution in [-0.4, -0.2) is 58.7 Å². The summed E-state index contributed by atoms with van der Waals surface area (Å²) in [6.45, 7) is 3.20. The van der Waals surface area contributed by atoms with Gasteiger partial charge in [0.15, 0.2) is 5.65 Å². The van der Waals surface area contributed by atoms with E-state index in [0.717, 1.165) is 92.3 Å². The lowest BCUT2D eigenvalue weighted by Crippen LogP contribution is -2.34. The summed E-state index contributed by atoms with van der Waals surface area (Å²) in [6.07, 6.45) is 7.41. The lowest BCUT2D eigenvalue weighted by atomic mass is 9.87. The zero-order valence-electron chi connectivity index (χ0n) is 20.2. The third-order valence-electron chi connectivity index (χ3n) is 7.13. The summed E-state index contributed by atoms with van der Waals surface area (Å²) >= 11 is 3.64. The Morgan fingerprint density at radius 3 is 2.60 bits per heavy atom. The molecule has 1 aliphatic carbocycles. The van der Waals surface area contributed by atoms with Crippen molar-refractivity contribution in [1.29, 1.82) is 0 Å². The molecular weight excluding hydrogens is 510 g/mol. The summed E-state index contributed by atoms with van der Waals surface area (Å²) in [5.74, 6) is 3.24. The van der Waals surface area contributed by atoms with Crippen LogP contribution in [0.25, 0.3) is 5.65 Å². The molecule has 1 saturated heterocycles. The van der Waals surface area contributed by atoms with Crippen molar-refractivity contribution >= 4 is 33.2 Å². The molecular formula is C26H34BrN5O3. The number of nitrogens with one attached hydrogen (secondary N) is 1. The van der Waals surface area contributed by atoms with E-state index in [9.17, 15) is 5.11 Å².